The van der Waals surface area contributed by atoms with Crippen LogP contribution < -0.4 is 10.5 Å². The Morgan fingerprint density at radius 3 is 3.08 bits per heavy atom. The zero-order chi connectivity index (χ0) is 9.47. The lowest BCUT2D eigenvalue weighted by Gasteiger charge is -2.32. The molecule has 0 aliphatic carbocycles. The molecule has 1 aromatic carbocycles. The number of ether oxygens (including phenoxy) is 1. The average molecular weight is 179 g/mol. The van der Waals surface area contributed by atoms with Gasteiger partial charge in [-0.1, -0.05) is 0 Å². The predicted molar refractivity (Wildman–Crippen MR) is 49.8 cm³/mol. The van der Waals surface area contributed by atoms with Gasteiger partial charge in [0.25, 0.3) is 0 Å². The molecule has 1 aromatic rings. The number of hydrogen-bond acceptors (Lipinski definition) is 3. The smallest absolute Gasteiger partial charge is 0.128 e. The Bertz CT molecular complexity index is 334. The number of phenols is 1. The van der Waals surface area contributed by atoms with E-state index in [4.69, 9.17) is 10.5 Å². The molecule has 1 heterocycles. The Balaban J connectivity index is 2.53. The van der Waals surface area contributed by atoms with Gasteiger partial charge >= 0.3 is 0 Å². The highest BCUT2D eigenvalue weighted by Crippen LogP contribution is 2.36. The van der Waals surface area contributed by atoms with Crippen molar-refractivity contribution in [1.29, 1.82) is 0 Å². The van der Waals surface area contributed by atoms with Gasteiger partial charge in [-0.05, 0) is 19.1 Å². The molecule has 13 heavy (non-hydrogen) atoms. The first-order chi connectivity index (χ1) is 6.09. The molecule has 0 fully saturated rings. The van der Waals surface area contributed by atoms with Crippen molar-refractivity contribution >= 4 is 0 Å². The van der Waals surface area contributed by atoms with Gasteiger partial charge in [0.2, 0.25) is 0 Å². The van der Waals surface area contributed by atoms with Crippen molar-refractivity contribution in [2.45, 2.75) is 18.9 Å². The summed E-state index contributed by atoms with van der Waals surface area (Å²) in [5.41, 5.74) is 6.71. The molecule has 0 spiro atoms. The molecule has 2 rings (SSSR count). The van der Waals surface area contributed by atoms with Crippen LogP contribution in [0.1, 0.15) is 18.9 Å². The van der Waals surface area contributed by atoms with Gasteiger partial charge in [-0.15, -0.1) is 0 Å². The van der Waals surface area contributed by atoms with E-state index in [1.807, 2.05) is 13.0 Å². The van der Waals surface area contributed by atoms with Crippen LogP contribution in [0.4, 0.5) is 0 Å². The lowest BCUT2D eigenvalue weighted by atomic mass is 9.87. The average Bonchev–Trinajstić information content (AvgIpc) is 2.02. The van der Waals surface area contributed by atoms with E-state index in [1.54, 1.807) is 12.1 Å². The first-order valence-electron chi connectivity index (χ1n) is 4.35. The summed E-state index contributed by atoms with van der Waals surface area (Å²) in [4.78, 5) is 0. The monoisotopic (exact) mass is 179 g/mol. The Labute approximate surface area is 77.1 Å². The first-order valence-corrected chi connectivity index (χ1v) is 4.35. The van der Waals surface area contributed by atoms with Crippen LogP contribution in [0, 0.1) is 0 Å². The third-order valence-electron chi connectivity index (χ3n) is 2.46. The van der Waals surface area contributed by atoms with Gasteiger partial charge in [0.15, 0.2) is 0 Å². The molecule has 0 radical (unpaired) electrons. The second kappa shape index (κ2) is 2.64. The van der Waals surface area contributed by atoms with Crippen molar-refractivity contribution in [1.82, 2.24) is 0 Å². The van der Waals surface area contributed by atoms with Crippen LogP contribution in [0.5, 0.6) is 11.5 Å². The molecule has 3 heteroatoms. The van der Waals surface area contributed by atoms with E-state index in [1.165, 1.54) is 0 Å². The molecule has 1 atom stereocenters. The Kier molecular flexibility index (Phi) is 1.70. The molecule has 0 saturated heterocycles. The summed E-state index contributed by atoms with van der Waals surface area (Å²) in [6, 6.07) is 5.07. The van der Waals surface area contributed by atoms with Gasteiger partial charge in [-0.2, -0.15) is 0 Å². The Morgan fingerprint density at radius 1 is 1.54 bits per heavy atom. The predicted octanol–water partition coefficient (Wildman–Crippen LogP) is 1.35. The van der Waals surface area contributed by atoms with Crippen LogP contribution >= 0.6 is 0 Å². The molecule has 0 bridgehead atoms. The van der Waals surface area contributed by atoms with Crippen molar-refractivity contribution in [3.8, 4) is 11.5 Å². The summed E-state index contributed by atoms with van der Waals surface area (Å²) >= 11 is 0. The van der Waals surface area contributed by atoms with Gasteiger partial charge in [0, 0.05) is 23.6 Å². The highest BCUT2D eigenvalue weighted by Gasteiger charge is 2.29. The van der Waals surface area contributed by atoms with Crippen LogP contribution in [0.25, 0.3) is 0 Å². The SMILES string of the molecule is CC1(N)CCOc2cc(O)ccc21. The lowest BCUT2D eigenvalue weighted by Crippen LogP contribution is -2.38. The topological polar surface area (TPSA) is 55.5 Å². The van der Waals surface area contributed by atoms with Crippen LogP contribution in [0.15, 0.2) is 18.2 Å². The van der Waals surface area contributed by atoms with Gasteiger partial charge < -0.3 is 15.6 Å². The summed E-state index contributed by atoms with van der Waals surface area (Å²) in [7, 11) is 0. The Hall–Kier alpha value is -1.22. The second-order valence-corrected chi connectivity index (χ2v) is 3.70. The summed E-state index contributed by atoms with van der Waals surface area (Å²) < 4.78 is 5.40. The maximum Gasteiger partial charge on any atom is 0.128 e. The fourth-order valence-corrected chi connectivity index (χ4v) is 1.61. The van der Waals surface area contributed by atoms with E-state index >= 15 is 0 Å². The van der Waals surface area contributed by atoms with E-state index in [9.17, 15) is 5.11 Å². The highest BCUT2D eigenvalue weighted by atomic mass is 16.5. The van der Waals surface area contributed by atoms with Crippen LogP contribution in [0.2, 0.25) is 0 Å². The molecular weight excluding hydrogens is 166 g/mol. The molecule has 1 aliphatic rings. The van der Waals surface area contributed by atoms with Gasteiger partial charge in [0.1, 0.15) is 11.5 Å². The van der Waals surface area contributed by atoms with Crippen molar-refractivity contribution in [2.75, 3.05) is 6.61 Å². The molecule has 1 unspecified atom stereocenters. The highest BCUT2D eigenvalue weighted by molar-refractivity contribution is 5.44. The van der Waals surface area contributed by atoms with E-state index in [2.05, 4.69) is 0 Å². The fraction of sp³-hybridized carbons (Fsp3) is 0.400. The van der Waals surface area contributed by atoms with E-state index in [0.717, 1.165) is 12.0 Å². The normalized spacial score (nSPS) is 26.3. The quantitative estimate of drug-likeness (QED) is 0.632. The summed E-state index contributed by atoms with van der Waals surface area (Å²) in [6.07, 6.45) is 0.810. The number of fused-ring (bicyclic) bond motifs is 1. The second-order valence-electron chi connectivity index (χ2n) is 3.70. The number of phenolic OH excluding ortho intramolecular Hbond substituents is 1. The number of aromatic hydroxyl groups is 1. The standard InChI is InChI=1S/C10H13NO2/c1-10(11)4-5-13-9-6-7(12)2-3-8(9)10/h2-3,6,12H,4-5,11H2,1H3. The van der Waals surface area contributed by atoms with E-state index < -0.39 is 0 Å². The number of benzene rings is 1. The summed E-state index contributed by atoms with van der Waals surface area (Å²) in [5, 5.41) is 9.24. The van der Waals surface area contributed by atoms with Gasteiger partial charge in [-0.3, -0.25) is 0 Å². The van der Waals surface area contributed by atoms with Crippen LogP contribution in [-0.4, -0.2) is 11.7 Å². The number of nitrogens with two attached hydrogens (primary N) is 1. The summed E-state index contributed by atoms with van der Waals surface area (Å²) in [5.74, 6) is 0.924. The molecular formula is C10H13NO2. The molecule has 3 N–H and O–H groups in total. The van der Waals surface area contributed by atoms with E-state index in [0.29, 0.717) is 12.4 Å². The maximum atomic E-state index is 9.24. The minimum atomic E-state index is -0.332. The zero-order valence-corrected chi connectivity index (χ0v) is 7.58. The molecule has 70 valence electrons. The third kappa shape index (κ3) is 1.35. The van der Waals surface area contributed by atoms with Gasteiger partial charge in [-0.25, -0.2) is 0 Å². The van der Waals surface area contributed by atoms with Crippen molar-refractivity contribution in [2.24, 2.45) is 5.73 Å². The Morgan fingerprint density at radius 2 is 2.31 bits per heavy atom. The first kappa shape index (κ1) is 8.38. The maximum absolute atomic E-state index is 9.24. The summed E-state index contributed by atoms with van der Waals surface area (Å²) in [6.45, 7) is 2.59. The van der Waals surface area contributed by atoms with Crippen molar-refractivity contribution in [3.63, 3.8) is 0 Å². The number of rotatable bonds is 0. The third-order valence-corrected chi connectivity index (χ3v) is 2.46. The largest absolute Gasteiger partial charge is 0.508 e. The van der Waals surface area contributed by atoms with Gasteiger partial charge in [0.05, 0.1) is 6.61 Å². The lowest BCUT2D eigenvalue weighted by molar-refractivity contribution is 0.226. The molecule has 1 aliphatic heterocycles. The van der Waals surface area contributed by atoms with Crippen molar-refractivity contribution < 1.29 is 9.84 Å². The number of hydrogen-bond donors (Lipinski definition) is 2. The zero-order valence-electron chi connectivity index (χ0n) is 7.58. The molecule has 0 saturated carbocycles. The van der Waals surface area contributed by atoms with Crippen LogP contribution in [-0.2, 0) is 5.54 Å². The van der Waals surface area contributed by atoms with Crippen LogP contribution in [0.3, 0.4) is 0 Å². The molecule has 0 amide bonds. The minimum absolute atomic E-state index is 0.219. The minimum Gasteiger partial charge on any atom is -0.508 e. The fourth-order valence-electron chi connectivity index (χ4n) is 1.61. The molecule has 3 nitrogen and oxygen atoms in total. The van der Waals surface area contributed by atoms with E-state index in [-0.39, 0.29) is 11.3 Å². The molecule has 0 aromatic heterocycles. The van der Waals surface area contributed by atoms with Crippen molar-refractivity contribution in [3.05, 3.63) is 23.8 Å².